The van der Waals surface area contributed by atoms with E-state index in [9.17, 15) is 53.6 Å². The van der Waals surface area contributed by atoms with Gasteiger partial charge in [-0.3, -0.25) is 43.6 Å². The monoisotopic (exact) mass is 1220 g/mol. The van der Waals surface area contributed by atoms with Crippen LogP contribution in [-0.4, -0.2) is 158 Å². The van der Waals surface area contributed by atoms with Crippen molar-refractivity contribution in [3.8, 4) is 11.1 Å². The number of hydrogen-bond acceptors (Lipinski definition) is 18. The second kappa shape index (κ2) is 29.3. The summed E-state index contributed by atoms with van der Waals surface area (Å²) in [4.78, 5) is 104. The number of imidazole rings is 1. The molecule has 1 saturated heterocycles. The number of fused-ring (bicyclic) bond motifs is 2. The third-order valence-electron chi connectivity index (χ3n) is 15.2. The molecular weight excluding hydrogens is 1150 g/mol. The van der Waals surface area contributed by atoms with Crippen molar-refractivity contribution in [2.45, 2.75) is 119 Å². The number of nitrogen functional groups attached to an aromatic ring is 1. The third-order valence-corrected chi connectivity index (χ3v) is 17.0. The van der Waals surface area contributed by atoms with Gasteiger partial charge in [0.05, 0.1) is 31.0 Å². The van der Waals surface area contributed by atoms with Crippen LogP contribution in [0.2, 0.25) is 0 Å². The average molecular weight is 1220 g/mol. The van der Waals surface area contributed by atoms with Crippen molar-refractivity contribution in [2.75, 3.05) is 54.4 Å². The molecule has 10 N–H and O–H groups in total. The number of nitrogens with zero attached hydrogens (tertiary/aromatic N) is 8. The first-order valence-corrected chi connectivity index (χ1v) is 30.4. The molecule has 9 rings (SSSR count). The lowest BCUT2D eigenvalue weighted by Crippen LogP contribution is -2.49. The first-order valence-electron chi connectivity index (χ1n) is 28.5. The van der Waals surface area contributed by atoms with Crippen LogP contribution in [0.5, 0.6) is 0 Å². The summed E-state index contributed by atoms with van der Waals surface area (Å²) in [6, 6.07) is 22.7. The Labute approximate surface area is 503 Å². The number of nitrogens with two attached hydrogens (primary N) is 1. The van der Waals surface area contributed by atoms with Gasteiger partial charge in [-0.15, -0.1) is 11.3 Å². The number of anilines is 3. The van der Waals surface area contributed by atoms with Crippen molar-refractivity contribution in [1.29, 1.82) is 0 Å². The lowest BCUT2D eigenvalue weighted by molar-refractivity contribution is -0.132. The number of H-pyrrole nitrogens is 1. The van der Waals surface area contributed by atoms with E-state index in [1.54, 1.807) is 44.3 Å². The van der Waals surface area contributed by atoms with E-state index < -0.39 is 59.7 Å². The molecule has 6 atom stereocenters. The van der Waals surface area contributed by atoms with Gasteiger partial charge in [-0.25, -0.2) is 19.3 Å². The van der Waals surface area contributed by atoms with Gasteiger partial charge in [0, 0.05) is 87.3 Å². The number of benzene rings is 3. The SMILES string of the molecule is CC(=O)N[C@@H](CSc1nc2c(=O)[nH]c(N)nc2n1Cc1ccc(F)cc1)C(=O)NCCC(O)CCC(O)CCC(O)CCC(O)CCC(=O)N1CCN(c2ccc(-c3ccc4c(c3)C(=O)N(C(C(=O)Nc3nccs3)c3ccccc3)C4)cn2)CC1. The summed E-state index contributed by atoms with van der Waals surface area (Å²) in [5, 5.41) is 53.5. The molecule has 0 bridgehead atoms. The molecule has 5 amide bonds. The van der Waals surface area contributed by atoms with Crippen LogP contribution in [-0.2, 0) is 32.3 Å². The highest BCUT2D eigenvalue weighted by Crippen LogP contribution is 2.35. The van der Waals surface area contributed by atoms with E-state index in [2.05, 4.69) is 40.8 Å². The average Bonchev–Trinajstić information content (AvgIpc) is 1.86. The van der Waals surface area contributed by atoms with Crippen LogP contribution < -0.4 is 32.1 Å². The second-order valence-corrected chi connectivity index (χ2v) is 23.4. The molecule has 3 aromatic carbocycles. The highest BCUT2D eigenvalue weighted by atomic mass is 32.2. The van der Waals surface area contributed by atoms with Gasteiger partial charge in [-0.1, -0.05) is 66.4 Å². The number of rotatable bonds is 28. The summed E-state index contributed by atoms with van der Waals surface area (Å²) in [5.41, 5.74) is 9.82. The quantitative estimate of drug-likeness (QED) is 0.0299. The normalized spacial score (nSPS) is 15.4. The summed E-state index contributed by atoms with van der Waals surface area (Å²) in [7, 11) is 0. The molecule has 5 unspecified atom stereocenters. The van der Waals surface area contributed by atoms with Gasteiger partial charge in [0.2, 0.25) is 23.7 Å². The number of halogens is 1. The Bertz CT molecular complexity index is 3520. The molecule has 0 aliphatic carbocycles. The van der Waals surface area contributed by atoms with Crippen LogP contribution in [0.25, 0.3) is 22.3 Å². The number of aromatic nitrogens is 6. The fourth-order valence-electron chi connectivity index (χ4n) is 10.5. The maximum atomic E-state index is 14.0. The standard InChI is InChI=1S/C60H70FN13O10S2/c1-36(75)66-48(35-86-60-67-51-53(68-58(62)69-55(51)82)74(60)33-37-7-12-42(61)13-8-37)54(81)63-24-23-46(79)19-18-44(77)15-14-43(76)16-17-45(78)20-22-50(80)72-28-26-71(27-29-72)49-21-11-40(32-65-49)39-9-10-41-34-73(57(84)47(41)31-39)52(38-5-3-2-4-6-38)56(83)70-59-64-25-30-85-59/h2-13,21,25,30-32,43-46,48,52,76-79H,14-20,22-24,26-29,33-35H2,1H3,(H,63,81)(H,66,75)(H,64,70,83)(H3,62,68,69,82)/t43?,44?,45?,46?,48-,52?/m0/s1. The van der Waals surface area contributed by atoms with Crippen LogP contribution >= 0.6 is 23.1 Å². The van der Waals surface area contributed by atoms with Gasteiger partial charge in [0.1, 0.15) is 23.7 Å². The van der Waals surface area contributed by atoms with Gasteiger partial charge < -0.3 is 51.5 Å². The highest BCUT2D eigenvalue weighted by molar-refractivity contribution is 7.99. The molecule has 0 radical (unpaired) electrons. The Morgan fingerprint density at radius 2 is 1.47 bits per heavy atom. The molecule has 26 heteroatoms. The van der Waals surface area contributed by atoms with Gasteiger partial charge >= 0.3 is 0 Å². The molecule has 4 aromatic heterocycles. The lowest BCUT2D eigenvalue weighted by Gasteiger charge is -2.35. The minimum absolute atomic E-state index is 0.00722. The van der Waals surface area contributed by atoms with Gasteiger partial charge in [0.15, 0.2) is 21.5 Å². The number of aliphatic hydroxyl groups excluding tert-OH is 4. The number of thioether (sulfide) groups is 1. The zero-order valence-electron chi connectivity index (χ0n) is 47.4. The minimum atomic E-state index is -1.03. The summed E-state index contributed by atoms with van der Waals surface area (Å²) in [6.07, 6.45) is 2.25. The van der Waals surface area contributed by atoms with Crippen LogP contribution in [0, 0.1) is 5.82 Å². The number of thiazole rings is 1. The second-order valence-electron chi connectivity index (χ2n) is 21.5. The number of nitrogens with one attached hydrogen (secondary N) is 4. The molecule has 2 aliphatic rings. The first kappa shape index (κ1) is 62.4. The number of pyridine rings is 1. The Kier molecular flexibility index (Phi) is 21.3. The first-order chi connectivity index (χ1) is 41.5. The lowest BCUT2D eigenvalue weighted by atomic mass is 9.99. The van der Waals surface area contributed by atoms with E-state index in [-0.39, 0.29) is 118 Å². The Morgan fingerprint density at radius 3 is 2.12 bits per heavy atom. The van der Waals surface area contributed by atoms with Gasteiger partial charge in [0.25, 0.3) is 17.4 Å². The van der Waals surface area contributed by atoms with E-state index in [4.69, 9.17) is 10.7 Å². The molecular formula is C60H70FN13O10S2. The summed E-state index contributed by atoms with van der Waals surface area (Å²) in [5.74, 6) is -1.42. The van der Waals surface area contributed by atoms with Gasteiger partial charge in [-0.2, -0.15) is 4.98 Å². The molecule has 1 fully saturated rings. The summed E-state index contributed by atoms with van der Waals surface area (Å²) >= 11 is 2.40. The Morgan fingerprint density at radius 1 is 0.791 bits per heavy atom. The molecule has 86 heavy (non-hydrogen) atoms. The van der Waals surface area contributed by atoms with Crippen molar-refractivity contribution in [2.24, 2.45) is 0 Å². The van der Waals surface area contributed by atoms with Crippen LogP contribution in [0.1, 0.15) is 97.8 Å². The maximum Gasteiger partial charge on any atom is 0.280 e. The van der Waals surface area contributed by atoms with Crippen LogP contribution in [0.4, 0.5) is 21.3 Å². The topological polar surface area (TPSA) is 327 Å². The number of hydrogen-bond donors (Lipinski definition) is 9. The zero-order valence-corrected chi connectivity index (χ0v) is 49.0. The maximum absolute atomic E-state index is 14.0. The number of aliphatic hydroxyl groups is 4. The summed E-state index contributed by atoms with van der Waals surface area (Å²) < 4.78 is 15.3. The van der Waals surface area contributed by atoms with Crippen molar-refractivity contribution in [3.63, 3.8) is 0 Å². The van der Waals surface area contributed by atoms with E-state index in [0.29, 0.717) is 53.2 Å². The predicted molar refractivity (Wildman–Crippen MR) is 323 cm³/mol. The minimum Gasteiger partial charge on any atom is -0.393 e. The number of carbonyl (C=O) groups is 5. The predicted octanol–water partition coefficient (Wildman–Crippen LogP) is 4.76. The van der Waals surface area contributed by atoms with Crippen molar-refractivity contribution in [3.05, 3.63) is 141 Å². The number of carbonyl (C=O) groups excluding carboxylic acids is 5. The summed E-state index contributed by atoms with van der Waals surface area (Å²) in [6.45, 7) is 3.88. The van der Waals surface area contributed by atoms with Crippen LogP contribution in [0.15, 0.2) is 113 Å². The molecule has 6 heterocycles. The third kappa shape index (κ3) is 16.4. The van der Waals surface area contributed by atoms with E-state index in [0.717, 1.165) is 34.3 Å². The fraction of sp³-hybridized carbons (Fsp3) is 0.400. The number of aromatic amines is 1. The van der Waals surface area contributed by atoms with Gasteiger partial charge in [-0.05, 0) is 104 Å². The van der Waals surface area contributed by atoms with Crippen molar-refractivity contribution < 1.29 is 48.8 Å². The van der Waals surface area contributed by atoms with E-state index >= 15 is 0 Å². The smallest absolute Gasteiger partial charge is 0.280 e. The Balaban J connectivity index is 0.642. The van der Waals surface area contributed by atoms with Crippen LogP contribution in [0.3, 0.4) is 0 Å². The van der Waals surface area contributed by atoms with E-state index in [1.807, 2.05) is 60.7 Å². The van der Waals surface area contributed by atoms with E-state index in [1.165, 1.54) is 30.4 Å². The fourth-order valence-corrected chi connectivity index (χ4v) is 12.0. The Hall–Kier alpha value is -8.14. The molecule has 23 nitrogen and oxygen atoms in total. The molecule has 0 saturated carbocycles. The zero-order chi connectivity index (χ0) is 60.9. The largest absolute Gasteiger partial charge is 0.393 e. The van der Waals surface area contributed by atoms with Crippen molar-refractivity contribution in [1.82, 2.24) is 49.9 Å². The number of amides is 5. The molecule has 454 valence electrons. The van der Waals surface area contributed by atoms with Crippen molar-refractivity contribution >= 4 is 80.7 Å². The highest BCUT2D eigenvalue weighted by Gasteiger charge is 2.38. The number of piperazine rings is 1. The molecule has 2 aliphatic heterocycles. The molecule has 7 aromatic rings. The molecule has 0 spiro atoms.